The minimum atomic E-state index is -1.54. The molecule has 3 aromatic rings. The van der Waals surface area contributed by atoms with Crippen LogP contribution in [0.15, 0.2) is 66.7 Å². The molecule has 3 aromatic carbocycles. The molecule has 10 heteroatoms. The van der Waals surface area contributed by atoms with E-state index in [1.165, 1.54) is 23.0 Å². The summed E-state index contributed by atoms with van der Waals surface area (Å²) in [4.78, 5) is 40.8. The molecule has 35 heavy (non-hydrogen) atoms. The topological polar surface area (TPSA) is 79.0 Å². The molecule has 2 aliphatic heterocycles. The predicted molar refractivity (Wildman–Crippen MR) is 128 cm³/mol. The summed E-state index contributed by atoms with van der Waals surface area (Å²) in [6, 6.07) is 16.8. The fourth-order valence-corrected chi connectivity index (χ4v) is 5.78. The van der Waals surface area contributed by atoms with Gasteiger partial charge < -0.3 is 10.1 Å². The van der Waals surface area contributed by atoms with Gasteiger partial charge in [0.2, 0.25) is 16.7 Å². The fourth-order valence-electron chi connectivity index (χ4n) is 4.42. The van der Waals surface area contributed by atoms with E-state index in [9.17, 15) is 23.2 Å². The van der Waals surface area contributed by atoms with Crippen molar-refractivity contribution >= 4 is 46.5 Å². The third kappa shape index (κ3) is 3.61. The highest BCUT2D eigenvalue weighted by Gasteiger charge is 2.61. The van der Waals surface area contributed by atoms with Crippen molar-refractivity contribution in [3.05, 3.63) is 83.9 Å². The van der Waals surface area contributed by atoms with Crippen LogP contribution in [-0.4, -0.2) is 37.1 Å². The molecule has 1 spiro atoms. The molecule has 5 rings (SSSR count). The van der Waals surface area contributed by atoms with Crippen LogP contribution >= 0.6 is 11.8 Å². The number of fused-ring (bicyclic) bond motifs is 2. The first-order valence-electron chi connectivity index (χ1n) is 10.6. The van der Waals surface area contributed by atoms with Crippen LogP contribution in [0.3, 0.4) is 0 Å². The molecular formula is C25H19F2N3O4S. The van der Waals surface area contributed by atoms with Crippen LogP contribution in [0.2, 0.25) is 0 Å². The summed E-state index contributed by atoms with van der Waals surface area (Å²) < 4.78 is 32.9. The number of amides is 3. The van der Waals surface area contributed by atoms with E-state index in [0.717, 1.165) is 23.9 Å². The predicted octanol–water partition coefficient (Wildman–Crippen LogP) is 3.89. The normalized spacial score (nSPS) is 18.8. The molecule has 0 saturated carbocycles. The first kappa shape index (κ1) is 22.9. The third-order valence-electron chi connectivity index (χ3n) is 5.91. The Labute approximate surface area is 203 Å². The smallest absolute Gasteiger partial charge is 0.269 e. The minimum Gasteiger partial charge on any atom is -0.495 e. The van der Waals surface area contributed by atoms with Crippen molar-refractivity contribution in [3.63, 3.8) is 0 Å². The third-order valence-corrected chi connectivity index (χ3v) is 7.29. The average Bonchev–Trinajstić information content (AvgIpc) is 3.32. The highest BCUT2D eigenvalue weighted by atomic mass is 32.2. The molecule has 3 amide bonds. The number of anilines is 3. The van der Waals surface area contributed by atoms with Crippen molar-refractivity contribution in [2.45, 2.75) is 4.87 Å². The van der Waals surface area contributed by atoms with Gasteiger partial charge in [-0.25, -0.2) is 8.78 Å². The average molecular weight is 496 g/mol. The number of hydrogen-bond donors (Lipinski definition) is 1. The van der Waals surface area contributed by atoms with Crippen LogP contribution in [0.5, 0.6) is 5.75 Å². The summed E-state index contributed by atoms with van der Waals surface area (Å²) in [6.07, 6.45) is 0. The number of halogens is 2. The van der Waals surface area contributed by atoms with Gasteiger partial charge >= 0.3 is 0 Å². The lowest BCUT2D eigenvalue weighted by molar-refractivity contribution is -0.124. The first-order chi connectivity index (χ1) is 16.9. The molecular weight excluding hydrogens is 476 g/mol. The van der Waals surface area contributed by atoms with Crippen LogP contribution in [0.4, 0.5) is 25.8 Å². The second-order valence-corrected chi connectivity index (χ2v) is 9.09. The Morgan fingerprint density at radius 1 is 1.06 bits per heavy atom. The molecule has 0 aliphatic carbocycles. The summed E-state index contributed by atoms with van der Waals surface area (Å²) in [6.45, 7) is -0.323. The van der Waals surface area contributed by atoms with E-state index in [2.05, 4.69) is 5.32 Å². The maximum Gasteiger partial charge on any atom is 0.269 e. The fraction of sp³-hybridized carbons (Fsp3) is 0.160. The number of nitrogens with zero attached hydrogens (tertiary/aromatic N) is 2. The standard InChI is InChI=1S/C25H19F2N3O4S/c1-34-21-9-5-3-7-19(21)28-22(31)13-29-20-8-4-2-6-16(20)25(24(29)33)30(23(32)14-35-25)15-10-11-17(26)18(27)12-15/h2-12H,13-14H2,1H3,(H,28,31)/t25-/m1/s1. The van der Waals surface area contributed by atoms with Crippen molar-refractivity contribution < 1.29 is 27.9 Å². The number of nitrogens with one attached hydrogen (secondary N) is 1. The number of methoxy groups -OCH3 is 1. The first-order valence-corrected chi connectivity index (χ1v) is 11.6. The van der Waals surface area contributed by atoms with E-state index < -0.39 is 34.2 Å². The van der Waals surface area contributed by atoms with Crippen LogP contribution < -0.4 is 19.9 Å². The molecule has 1 fully saturated rings. The van der Waals surface area contributed by atoms with Gasteiger partial charge in [-0.15, -0.1) is 11.8 Å². The minimum absolute atomic E-state index is 0.0413. The summed E-state index contributed by atoms with van der Waals surface area (Å²) >= 11 is 1.08. The van der Waals surface area contributed by atoms with Gasteiger partial charge in [0.25, 0.3) is 5.91 Å². The SMILES string of the molecule is COc1ccccc1NC(=O)CN1C(=O)[C@]2(SCC(=O)N2c2ccc(F)c(F)c2)c2ccccc21. The molecule has 1 N–H and O–H groups in total. The van der Waals surface area contributed by atoms with Crippen LogP contribution in [0, 0.1) is 11.6 Å². The Morgan fingerprint density at radius 3 is 2.57 bits per heavy atom. The summed E-state index contributed by atoms with van der Waals surface area (Å²) in [5.74, 6) is -3.18. The molecule has 0 unspecified atom stereocenters. The second-order valence-electron chi connectivity index (χ2n) is 7.92. The van der Waals surface area contributed by atoms with Gasteiger partial charge in [-0.2, -0.15) is 0 Å². The van der Waals surface area contributed by atoms with Crippen molar-refractivity contribution in [1.29, 1.82) is 0 Å². The molecule has 1 saturated heterocycles. The Hall–Kier alpha value is -3.92. The number of para-hydroxylation sites is 3. The highest BCUT2D eigenvalue weighted by molar-refractivity contribution is 8.02. The van der Waals surface area contributed by atoms with Crippen LogP contribution in [0.1, 0.15) is 5.56 Å². The zero-order valence-corrected chi connectivity index (χ0v) is 19.3. The van der Waals surface area contributed by atoms with Crippen LogP contribution in [-0.2, 0) is 19.3 Å². The van der Waals surface area contributed by atoms with Gasteiger partial charge in [0.15, 0.2) is 11.6 Å². The Bertz CT molecular complexity index is 1370. The Kier molecular flexibility index (Phi) is 5.68. The van der Waals surface area contributed by atoms with E-state index in [-0.39, 0.29) is 18.0 Å². The van der Waals surface area contributed by atoms with E-state index in [1.54, 1.807) is 48.5 Å². The Balaban J connectivity index is 1.52. The molecule has 0 bridgehead atoms. The Morgan fingerprint density at radius 2 is 1.80 bits per heavy atom. The number of hydrogen-bond acceptors (Lipinski definition) is 5. The van der Waals surface area contributed by atoms with Gasteiger partial charge in [0.1, 0.15) is 12.3 Å². The molecule has 178 valence electrons. The number of rotatable bonds is 5. The summed E-state index contributed by atoms with van der Waals surface area (Å²) in [7, 11) is 1.48. The zero-order chi connectivity index (χ0) is 24.7. The van der Waals surface area contributed by atoms with Crippen molar-refractivity contribution in [3.8, 4) is 5.75 Å². The van der Waals surface area contributed by atoms with E-state index in [4.69, 9.17) is 4.74 Å². The van der Waals surface area contributed by atoms with E-state index in [1.807, 2.05) is 0 Å². The summed E-state index contributed by atoms with van der Waals surface area (Å²) in [5.41, 5.74) is 1.46. The van der Waals surface area contributed by atoms with E-state index in [0.29, 0.717) is 22.7 Å². The van der Waals surface area contributed by atoms with Gasteiger partial charge in [0, 0.05) is 17.3 Å². The zero-order valence-electron chi connectivity index (χ0n) is 18.5. The lowest BCUT2D eigenvalue weighted by Crippen LogP contribution is -2.51. The van der Waals surface area contributed by atoms with Gasteiger partial charge in [0.05, 0.1) is 24.2 Å². The highest BCUT2D eigenvalue weighted by Crippen LogP contribution is 2.55. The largest absolute Gasteiger partial charge is 0.495 e. The molecule has 7 nitrogen and oxygen atoms in total. The van der Waals surface area contributed by atoms with Gasteiger partial charge in [-0.05, 0) is 30.3 Å². The summed E-state index contributed by atoms with van der Waals surface area (Å²) in [5, 5.41) is 2.75. The molecule has 1 atom stereocenters. The lowest BCUT2D eigenvalue weighted by atomic mass is 10.0. The van der Waals surface area contributed by atoms with Crippen LogP contribution in [0.25, 0.3) is 0 Å². The van der Waals surface area contributed by atoms with Crippen molar-refractivity contribution in [2.75, 3.05) is 34.5 Å². The number of carbonyl (C=O) groups is 3. The quantitative estimate of drug-likeness (QED) is 0.581. The van der Waals surface area contributed by atoms with E-state index >= 15 is 0 Å². The second kappa shape index (κ2) is 8.70. The van der Waals surface area contributed by atoms with Crippen molar-refractivity contribution in [1.82, 2.24) is 0 Å². The number of ether oxygens (including phenoxy) is 1. The molecule has 2 heterocycles. The number of carbonyl (C=O) groups excluding carboxylic acids is 3. The van der Waals surface area contributed by atoms with Gasteiger partial charge in [-0.3, -0.25) is 24.2 Å². The molecule has 0 radical (unpaired) electrons. The van der Waals surface area contributed by atoms with Crippen molar-refractivity contribution in [2.24, 2.45) is 0 Å². The van der Waals surface area contributed by atoms with Gasteiger partial charge in [-0.1, -0.05) is 30.3 Å². The monoisotopic (exact) mass is 495 g/mol. The maximum atomic E-state index is 14.1. The lowest BCUT2D eigenvalue weighted by Gasteiger charge is -2.33. The number of thioether (sulfide) groups is 1. The molecule has 0 aromatic heterocycles. The number of benzene rings is 3. The maximum absolute atomic E-state index is 14.1. The molecule has 2 aliphatic rings.